The number of imide groups is 2. The summed E-state index contributed by atoms with van der Waals surface area (Å²) in [6.45, 7) is 0.184. The molecule has 6 unspecified atom stereocenters. The van der Waals surface area contributed by atoms with E-state index in [9.17, 15) is 19.5 Å². The van der Waals surface area contributed by atoms with Gasteiger partial charge in [0.2, 0.25) is 11.8 Å². The zero-order valence-electron chi connectivity index (χ0n) is 26.7. The Kier molecular flexibility index (Phi) is 8.01. The molecule has 254 valence electrons. The molecule has 3 fully saturated rings. The summed E-state index contributed by atoms with van der Waals surface area (Å²) in [4.78, 5) is 60.4. The number of hydrogen-bond donors (Lipinski definition) is 2. The molecule has 4 aliphatic rings. The van der Waals surface area contributed by atoms with Crippen molar-refractivity contribution in [3.05, 3.63) is 122 Å². The third-order valence-corrected chi connectivity index (χ3v) is 12.2. The largest absolute Gasteiger partial charge is 0.508 e. The molecule has 12 heteroatoms. The van der Waals surface area contributed by atoms with E-state index < -0.39 is 46.8 Å². The minimum atomic E-state index is -1.55. The van der Waals surface area contributed by atoms with Crippen molar-refractivity contribution in [1.29, 1.82) is 0 Å². The number of carbonyl (C=O) groups excluding carboxylic acids is 4. The number of thiophene rings is 1. The molecule has 4 amide bonds. The Balaban J connectivity index is 1.31. The van der Waals surface area contributed by atoms with Crippen LogP contribution in [0.2, 0.25) is 10.0 Å². The zero-order valence-corrected chi connectivity index (χ0v) is 29.0. The number of carbonyl (C=O) groups is 4. The van der Waals surface area contributed by atoms with Crippen molar-refractivity contribution in [1.82, 2.24) is 9.91 Å². The topological polar surface area (TPSA) is 116 Å². The van der Waals surface area contributed by atoms with Crippen molar-refractivity contribution in [2.45, 2.75) is 30.7 Å². The van der Waals surface area contributed by atoms with E-state index in [0.29, 0.717) is 34.0 Å². The van der Waals surface area contributed by atoms with Crippen LogP contribution in [-0.4, -0.2) is 45.8 Å². The number of ether oxygens (including phenoxy) is 1. The lowest BCUT2D eigenvalue weighted by atomic mass is 9.49. The summed E-state index contributed by atoms with van der Waals surface area (Å²) in [5.74, 6) is -4.75. The second kappa shape index (κ2) is 12.3. The van der Waals surface area contributed by atoms with Gasteiger partial charge in [-0.05, 0) is 72.2 Å². The van der Waals surface area contributed by atoms with E-state index in [-0.39, 0.29) is 35.6 Å². The van der Waals surface area contributed by atoms with E-state index in [1.165, 1.54) is 22.3 Å². The van der Waals surface area contributed by atoms with E-state index in [0.717, 1.165) is 15.5 Å². The minimum Gasteiger partial charge on any atom is -0.508 e. The van der Waals surface area contributed by atoms with E-state index in [1.54, 1.807) is 67.8 Å². The molecule has 2 N–H and O–H groups in total. The number of hydrogen-bond acceptors (Lipinski definition) is 8. The molecular weight excluding hydrogens is 697 g/mol. The van der Waals surface area contributed by atoms with Crippen molar-refractivity contribution >= 4 is 63.9 Å². The van der Waals surface area contributed by atoms with Crippen molar-refractivity contribution in [2.75, 3.05) is 12.5 Å². The Morgan fingerprint density at radius 1 is 0.940 bits per heavy atom. The summed E-state index contributed by atoms with van der Waals surface area (Å²) in [6.07, 6.45) is 2.39. The average Bonchev–Trinajstić information content (AvgIpc) is 3.78. The lowest BCUT2D eigenvalue weighted by molar-refractivity contribution is -0.141. The van der Waals surface area contributed by atoms with E-state index in [4.69, 9.17) is 27.9 Å². The van der Waals surface area contributed by atoms with Gasteiger partial charge in [0.15, 0.2) is 0 Å². The van der Waals surface area contributed by atoms with Crippen LogP contribution in [-0.2, 0) is 31.1 Å². The van der Waals surface area contributed by atoms with Crippen molar-refractivity contribution in [2.24, 2.45) is 23.7 Å². The fraction of sp³-hybridized carbons (Fsp3) is 0.263. The zero-order chi connectivity index (χ0) is 34.9. The third-order valence-electron chi connectivity index (χ3n) is 10.8. The second-order valence-corrected chi connectivity index (χ2v) is 15.0. The highest BCUT2D eigenvalue weighted by atomic mass is 35.5. The number of methoxy groups -OCH3 is 1. The van der Waals surface area contributed by atoms with Gasteiger partial charge < -0.3 is 9.84 Å². The summed E-state index contributed by atoms with van der Waals surface area (Å²) in [6, 6.07) is 22.3. The number of nitrogens with one attached hydrogen (secondary N) is 1. The quantitative estimate of drug-likeness (QED) is 0.156. The van der Waals surface area contributed by atoms with Gasteiger partial charge in [-0.3, -0.25) is 29.5 Å². The molecule has 1 aromatic heterocycles. The van der Waals surface area contributed by atoms with Crippen LogP contribution < -0.4 is 10.2 Å². The van der Waals surface area contributed by atoms with Gasteiger partial charge in [-0.2, -0.15) is 5.01 Å². The van der Waals surface area contributed by atoms with Crippen LogP contribution in [0.5, 0.6) is 11.5 Å². The molecule has 1 saturated carbocycles. The normalized spacial score (nSPS) is 27.2. The van der Waals surface area contributed by atoms with Crippen LogP contribution in [0.15, 0.2) is 95.9 Å². The van der Waals surface area contributed by atoms with Crippen LogP contribution >= 0.6 is 34.5 Å². The number of para-hydroxylation sites is 1. The summed E-state index contributed by atoms with van der Waals surface area (Å²) in [5.41, 5.74) is 3.49. The first-order valence-electron chi connectivity index (χ1n) is 16.2. The molecule has 50 heavy (non-hydrogen) atoms. The molecule has 6 atom stereocenters. The smallest absolute Gasteiger partial charge is 0.260 e. The summed E-state index contributed by atoms with van der Waals surface area (Å²) >= 11 is 14.1. The predicted molar refractivity (Wildman–Crippen MR) is 189 cm³/mol. The number of phenols is 1. The summed E-state index contributed by atoms with van der Waals surface area (Å²) < 4.78 is 5.44. The number of benzene rings is 3. The Bertz CT molecular complexity index is 2090. The number of likely N-dealkylation sites (tertiary alicyclic amines) is 1. The van der Waals surface area contributed by atoms with Gasteiger partial charge >= 0.3 is 0 Å². The number of allylic oxidation sites excluding steroid dienone is 2. The van der Waals surface area contributed by atoms with Crippen molar-refractivity contribution in [3.63, 3.8) is 0 Å². The molecule has 9 nitrogen and oxygen atoms in total. The number of amides is 4. The van der Waals surface area contributed by atoms with E-state index >= 15 is 4.79 Å². The van der Waals surface area contributed by atoms with Gasteiger partial charge in [0.1, 0.15) is 11.5 Å². The molecule has 3 aromatic carbocycles. The van der Waals surface area contributed by atoms with Gasteiger partial charge in [-0.25, -0.2) is 0 Å². The lowest BCUT2D eigenvalue weighted by Crippen LogP contribution is -2.53. The van der Waals surface area contributed by atoms with Crippen LogP contribution in [0.4, 0.5) is 5.69 Å². The van der Waals surface area contributed by atoms with Crippen LogP contribution in [0.1, 0.15) is 34.8 Å². The Labute approximate surface area is 302 Å². The highest BCUT2D eigenvalue weighted by Gasteiger charge is 2.70. The minimum absolute atomic E-state index is 0.0478. The number of fused-ring (bicyclic) bond motifs is 4. The maximum atomic E-state index is 15.3. The Hall–Kier alpha value is -4.64. The SMILES string of the molecule is COc1ccc(C23C(=O)N(Nc4ccc(Cl)cc4Cl)C(=O)C2CC2C(=CCC4C(=O)N(Cc5cccs5)C(=O)C42)C3c2ccccc2O)cc1. The first-order valence-corrected chi connectivity index (χ1v) is 17.9. The van der Waals surface area contributed by atoms with Gasteiger partial charge in [-0.15, -0.1) is 11.3 Å². The van der Waals surface area contributed by atoms with Crippen LogP contribution in [0.25, 0.3) is 0 Å². The maximum Gasteiger partial charge on any atom is 0.260 e. The van der Waals surface area contributed by atoms with Gasteiger partial charge in [0, 0.05) is 21.4 Å². The standard InChI is InChI=1S/C38H31Cl2N3O6S/c1-49-22-11-8-20(9-12-22)38-28(35(46)43(37(38)48)41-30-15-10-21(39)17-29(30)40)18-27-24(33(38)25-6-2-3-7-31(25)44)13-14-26-32(27)36(47)42(34(26)45)19-23-5-4-16-50-23/h2-13,15-17,26-28,32-33,41,44H,14,18-19H2,1H3. The Morgan fingerprint density at radius 2 is 1.72 bits per heavy atom. The monoisotopic (exact) mass is 727 g/mol. The average molecular weight is 729 g/mol. The highest BCUT2D eigenvalue weighted by molar-refractivity contribution is 7.09. The highest BCUT2D eigenvalue weighted by Crippen LogP contribution is 2.65. The molecule has 0 spiro atoms. The van der Waals surface area contributed by atoms with E-state index in [1.807, 2.05) is 23.6 Å². The lowest BCUT2D eigenvalue weighted by Gasteiger charge is -2.50. The number of halogens is 2. The molecule has 2 aliphatic carbocycles. The molecule has 3 heterocycles. The number of anilines is 1. The van der Waals surface area contributed by atoms with Crippen LogP contribution in [0, 0.1) is 23.7 Å². The van der Waals surface area contributed by atoms with Gasteiger partial charge in [-0.1, -0.05) is 71.2 Å². The van der Waals surface area contributed by atoms with Crippen molar-refractivity contribution < 1.29 is 29.0 Å². The summed E-state index contributed by atoms with van der Waals surface area (Å²) in [7, 11) is 1.54. The molecule has 2 saturated heterocycles. The first kappa shape index (κ1) is 32.6. The molecule has 8 rings (SSSR count). The predicted octanol–water partition coefficient (Wildman–Crippen LogP) is 6.95. The number of phenolic OH excluding ortho intramolecular Hbond substituents is 1. The molecule has 0 bridgehead atoms. The van der Waals surface area contributed by atoms with E-state index in [2.05, 4.69) is 5.43 Å². The number of hydrazine groups is 1. The third kappa shape index (κ3) is 4.80. The molecule has 0 radical (unpaired) electrons. The van der Waals surface area contributed by atoms with Crippen molar-refractivity contribution in [3.8, 4) is 11.5 Å². The number of rotatable bonds is 7. The molecular formula is C38H31Cl2N3O6S. The van der Waals surface area contributed by atoms with Gasteiger partial charge in [0.25, 0.3) is 11.8 Å². The van der Waals surface area contributed by atoms with Gasteiger partial charge in [0.05, 0.1) is 47.5 Å². The first-order chi connectivity index (χ1) is 24.1. The maximum absolute atomic E-state index is 15.3. The summed E-state index contributed by atoms with van der Waals surface area (Å²) in [5, 5.41) is 15.0. The molecule has 4 aromatic rings. The fourth-order valence-electron chi connectivity index (χ4n) is 8.70. The number of nitrogens with zero attached hydrogens (tertiary/aromatic N) is 2. The molecule has 2 aliphatic heterocycles. The Morgan fingerprint density at radius 3 is 2.42 bits per heavy atom. The van der Waals surface area contributed by atoms with Crippen LogP contribution in [0.3, 0.4) is 0 Å². The number of aromatic hydroxyl groups is 1. The second-order valence-electron chi connectivity index (χ2n) is 13.1. The fourth-order valence-corrected chi connectivity index (χ4v) is 9.84.